The molecule has 1 aromatic rings. The predicted molar refractivity (Wildman–Crippen MR) is 93.4 cm³/mol. The quantitative estimate of drug-likeness (QED) is 0.761. The molecule has 1 aromatic carbocycles. The predicted octanol–water partition coefficient (Wildman–Crippen LogP) is 1.62. The number of ether oxygens (including phenoxy) is 2. The first kappa shape index (κ1) is 19.8. The molecule has 1 heterocycles. The lowest BCUT2D eigenvalue weighted by atomic mass is 10.2. The van der Waals surface area contributed by atoms with Gasteiger partial charge in [-0.15, -0.1) is 0 Å². The van der Waals surface area contributed by atoms with Crippen molar-refractivity contribution >= 4 is 35.1 Å². The molecule has 0 radical (unpaired) electrons. The van der Waals surface area contributed by atoms with Crippen LogP contribution in [0.3, 0.4) is 0 Å². The van der Waals surface area contributed by atoms with Crippen molar-refractivity contribution < 1.29 is 24.2 Å². The third-order valence-electron chi connectivity index (χ3n) is 3.61. The SMILES string of the molecule is CN(CC(=O)O)CC1CN(C(=O)COc2cc(Cl)cc(Cl)c2)CCO1. The molecule has 1 aliphatic heterocycles. The van der Waals surface area contributed by atoms with E-state index in [-0.39, 0.29) is 25.2 Å². The monoisotopic (exact) mass is 390 g/mol. The average molecular weight is 391 g/mol. The van der Waals surface area contributed by atoms with Gasteiger partial charge in [-0.05, 0) is 25.2 Å². The molecule has 1 saturated heterocycles. The number of hydrogen-bond donors (Lipinski definition) is 1. The van der Waals surface area contributed by atoms with E-state index >= 15 is 0 Å². The van der Waals surface area contributed by atoms with Crippen LogP contribution in [0.2, 0.25) is 10.0 Å². The van der Waals surface area contributed by atoms with Gasteiger partial charge in [-0.3, -0.25) is 14.5 Å². The van der Waals surface area contributed by atoms with Gasteiger partial charge in [0.25, 0.3) is 5.91 Å². The van der Waals surface area contributed by atoms with Crippen molar-refractivity contribution in [2.24, 2.45) is 0 Å². The number of morpholine rings is 1. The molecule has 1 amide bonds. The molecule has 1 fully saturated rings. The summed E-state index contributed by atoms with van der Waals surface area (Å²) in [6.45, 7) is 1.49. The Labute approximate surface area is 156 Å². The van der Waals surface area contributed by atoms with E-state index in [0.717, 1.165) is 0 Å². The summed E-state index contributed by atoms with van der Waals surface area (Å²) in [5, 5.41) is 9.65. The number of hydrogen-bond acceptors (Lipinski definition) is 5. The van der Waals surface area contributed by atoms with Crippen LogP contribution in [-0.2, 0) is 14.3 Å². The summed E-state index contributed by atoms with van der Waals surface area (Å²) in [5.74, 6) is -0.651. The van der Waals surface area contributed by atoms with E-state index in [1.807, 2.05) is 0 Å². The number of halogens is 2. The Hall–Kier alpha value is -1.54. The van der Waals surface area contributed by atoms with Crippen LogP contribution in [0.15, 0.2) is 18.2 Å². The lowest BCUT2D eigenvalue weighted by Gasteiger charge is -2.34. The van der Waals surface area contributed by atoms with Gasteiger partial charge in [-0.25, -0.2) is 0 Å². The van der Waals surface area contributed by atoms with Gasteiger partial charge in [0.15, 0.2) is 6.61 Å². The molecule has 1 unspecified atom stereocenters. The van der Waals surface area contributed by atoms with Crippen molar-refractivity contribution in [3.05, 3.63) is 28.2 Å². The zero-order chi connectivity index (χ0) is 18.4. The number of likely N-dealkylation sites (N-methyl/N-ethyl adjacent to an activating group) is 1. The first-order valence-corrected chi connectivity index (χ1v) is 8.47. The number of carbonyl (C=O) groups excluding carboxylic acids is 1. The van der Waals surface area contributed by atoms with E-state index in [2.05, 4.69) is 0 Å². The average Bonchev–Trinajstić information content (AvgIpc) is 2.51. The number of carboxylic acid groups (broad SMARTS) is 1. The summed E-state index contributed by atoms with van der Waals surface area (Å²) in [5.41, 5.74) is 0. The van der Waals surface area contributed by atoms with Crippen LogP contribution in [0.4, 0.5) is 0 Å². The van der Waals surface area contributed by atoms with Crippen molar-refractivity contribution in [1.82, 2.24) is 9.80 Å². The molecule has 1 aliphatic rings. The fourth-order valence-electron chi connectivity index (χ4n) is 2.55. The molecule has 0 spiro atoms. The van der Waals surface area contributed by atoms with Gasteiger partial charge in [0.05, 0.1) is 19.3 Å². The molecule has 2 rings (SSSR count). The Morgan fingerprint density at radius 2 is 2.04 bits per heavy atom. The maximum Gasteiger partial charge on any atom is 0.317 e. The molecule has 0 saturated carbocycles. The zero-order valence-corrected chi connectivity index (χ0v) is 15.3. The lowest BCUT2D eigenvalue weighted by Crippen LogP contribution is -2.50. The molecule has 0 bridgehead atoms. The highest BCUT2D eigenvalue weighted by molar-refractivity contribution is 6.34. The fraction of sp³-hybridized carbons (Fsp3) is 0.500. The second kappa shape index (κ2) is 9.24. The van der Waals surface area contributed by atoms with E-state index in [1.165, 1.54) is 0 Å². The van der Waals surface area contributed by atoms with E-state index in [1.54, 1.807) is 35.0 Å². The second-order valence-electron chi connectivity index (χ2n) is 5.82. The van der Waals surface area contributed by atoms with Crippen LogP contribution in [0, 0.1) is 0 Å². The van der Waals surface area contributed by atoms with Gasteiger partial charge in [0.1, 0.15) is 5.75 Å². The highest BCUT2D eigenvalue weighted by atomic mass is 35.5. The Morgan fingerprint density at radius 3 is 2.68 bits per heavy atom. The summed E-state index contributed by atoms with van der Waals surface area (Å²) in [6.07, 6.45) is -0.234. The minimum absolute atomic E-state index is 0.0769. The summed E-state index contributed by atoms with van der Waals surface area (Å²) in [7, 11) is 1.70. The molecular weight excluding hydrogens is 371 g/mol. The highest BCUT2D eigenvalue weighted by Crippen LogP contribution is 2.24. The molecule has 25 heavy (non-hydrogen) atoms. The number of aliphatic carboxylic acids is 1. The number of carboxylic acids is 1. The Balaban J connectivity index is 1.83. The maximum absolute atomic E-state index is 12.3. The van der Waals surface area contributed by atoms with Gasteiger partial charge < -0.3 is 19.5 Å². The van der Waals surface area contributed by atoms with E-state index in [0.29, 0.717) is 42.0 Å². The molecular formula is C16H20Cl2N2O5. The van der Waals surface area contributed by atoms with Crippen molar-refractivity contribution in [2.45, 2.75) is 6.10 Å². The summed E-state index contributed by atoms with van der Waals surface area (Å²) < 4.78 is 11.1. The number of benzene rings is 1. The molecule has 138 valence electrons. The highest BCUT2D eigenvalue weighted by Gasteiger charge is 2.25. The van der Waals surface area contributed by atoms with Crippen molar-refractivity contribution in [1.29, 1.82) is 0 Å². The van der Waals surface area contributed by atoms with Crippen molar-refractivity contribution in [3.63, 3.8) is 0 Å². The number of rotatable bonds is 7. The number of nitrogens with zero attached hydrogens (tertiary/aromatic N) is 2. The Morgan fingerprint density at radius 1 is 1.36 bits per heavy atom. The van der Waals surface area contributed by atoms with Crippen LogP contribution < -0.4 is 4.74 Å². The van der Waals surface area contributed by atoms with Crippen LogP contribution in [0.25, 0.3) is 0 Å². The zero-order valence-electron chi connectivity index (χ0n) is 13.8. The molecule has 1 N–H and O–H groups in total. The first-order chi connectivity index (χ1) is 11.8. The minimum Gasteiger partial charge on any atom is -0.484 e. The van der Waals surface area contributed by atoms with Gasteiger partial charge in [0.2, 0.25) is 0 Å². The Kier molecular flexibility index (Phi) is 7.31. The number of carbonyl (C=O) groups is 2. The molecule has 0 aliphatic carbocycles. The standard InChI is InChI=1S/C16H20Cl2N2O5/c1-19(9-16(22)23)7-14-8-20(2-3-24-14)15(21)10-25-13-5-11(17)4-12(18)6-13/h4-6,14H,2-3,7-10H2,1H3,(H,22,23). The largest absolute Gasteiger partial charge is 0.484 e. The summed E-state index contributed by atoms with van der Waals surface area (Å²) in [6, 6.07) is 4.76. The molecule has 7 nitrogen and oxygen atoms in total. The first-order valence-electron chi connectivity index (χ1n) is 7.72. The van der Waals surface area contributed by atoms with E-state index in [9.17, 15) is 9.59 Å². The molecule has 1 atom stereocenters. The van der Waals surface area contributed by atoms with Crippen LogP contribution >= 0.6 is 23.2 Å². The molecule has 0 aromatic heterocycles. The normalized spacial score (nSPS) is 17.6. The van der Waals surface area contributed by atoms with Gasteiger partial charge in [-0.1, -0.05) is 23.2 Å². The third kappa shape index (κ3) is 6.70. The smallest absolute Gasteiger partial charge is 0.317 e. The maximum atomic E-state index is 12.3. The van der Waals surface area contributed by atoms with E-state index in [4.69, 9.17) is 37.8 Å². The van der Waals surface area contributed by atoms with Crippen LogP contribution in [-0.4, -0.2) is 79.3 Å². The lowest BCUT2D eigenvalue weighted by molar-refractivity contribution is -0.143. The number of amides is 1. The minimum atomic E-state index is -0.903. The summed E-state index contributed by atoms with van der Waals surface area (Å²) in [4.78, 5) is 26.3. The van der Waals surface area contributed by atoms with Crippen LogP contribution in [0.1, 0.15) is 0 Å². The summed E-state index contributed by atoms with van der Waals surface area (Å²) >= 11 is 11.8. The van der Waals surface area contributed by atoms with Gasteiger partial charge >= 0.3 is 5.97 Å². The van der Waals surface area contributed by atoms with Gasteiger partial charge in [0, 0.05) is 29.7 Å². The fourth-order valence-corrected chi connectivity index (χ4v) is 3.05. The van der Waals surface area contributed by atoms with Crippen molar-refractivity contribution in [2.75, 3.05) is 46.4 Å². The second-order valence-corrected chi connectivity index (χ2v) is 6.69. The van der Waals surface area contributed by atoms with E-state index < -0.39 is 5.97 Å². The molecule has 9 heteroatoms. The topological polar surface area (TPSA) is 79.3 Å². The Bertz CT molecular complexity index is 608. The van der Waals surface area contributed by atoms with Gasteiger partial charge in [-0.2, -0.15) is 0 Å². The van der Waals surface area contributed by atoms with Crippen LogP contribution in [0.5, 0.6) is 5.75 Å². The third-order valence-corrected chi connectivity index (χ3v) is 4.05. The van der Waals surface area contributed by atoms with Crippen molar-refractivity contribution in [3.8, 4) is 5.75 Å².